The van der Waals surface area contributed by atoms with E-state index >= 15 is 0 Å². The first-order chi connectivity index (χ1) is 15.1. The van der Waals surface area contributed by atoms with Gasteiger partial charge in [-0.1, -0.05) is 19.3 Å². The standard InChI is InChI=1S/C22H32N6O3/c1-30-17-8-9-18(19(14-17)31-2)20(27-12-10-15(11-13-27)21(23)29)22-24-25-26-28(22)16-6-4-3-5-7-16/h8-9,14-16,20H,3-7,10-13H2,1-2H3,(H2,23,29). The number of hydrogen-bond acceptors (Lipinski definition) is 7. The number of nitrogens with zero attached hydrogens (tertiary/aromatic N) is 5. The van der Waals surface area contributed by atoms with Crippen LogP contribution < -0.4 is 15.2 Å². The highest BCUT2D eigenvalue weighted by molar-refractivity contribution is 5.76. The van der Waals surface area contributed by atoms with Crippen LogP contribution in [0.2, 0.25) is 0 Å². The Bertz CT molecular complexity index is 887. The van der Waals surface area contributed by atoms with Gasteiger partial charge in [0.25, 0.3) is 0 Å². The quantitative estimate of drug-likeness (QED) is 0.722. The van der Waals surface area contributed by atoms with Crippen LogP contribution in [0.25, 0.3) is 0 Å². The molecule has 31 heavy (non-hydrogen) atoms. The van der Waals surface area contributed by atoms with Crippen LogP contribution in [-0.2, 0) is 4.79 Å². The molecule has 0 spiro atoms. The van der Waals surface area contributed by atoms with E-state index in [0.29, 0.717) is 6.04 Å². The Morgan fingerprint density at radius 3 is 2.48 bits per heavy atom. The van der Waals surface area contributed by atoms with Gasteiger partial charge in [0.1, 0.15) is 17.5 Å². The molecule has 2 aliphatic rings. The summed E-state index contributed by atoms with van der Waals surface area (Å²) in [6.07, 6.45) is 7.31. The smallest absolute Gasteiger partial charge is 0.220 e. The first-order valence-corrected chi connectivity index (χ1v) is 11.2. The first kappa shape index (κ1) is 21.5. The van der Waals surface area contributed by atoms with Gasteiger partial charge in [-0.25, -0.2) is 4.68 Å². The second-order valence-electron chi connectivity index (χ2n) is 8.50. The van der Waals surface area contributed by atoms with E-state index in [1.54, 1.807) is 14.2 Å². The highest BCUT2D eigenvalue weighted by Gasteiger charge is 2.35. The zero-order valence-corrected chi connectivity index (χ0v) is 18.4. The van der Waals surface area contributed by atoms with Crippen molar-refractivity contribution in [1.29, 1.82) is 0 Å². The molecule has 0 bridgehead atoms. The van der Waals surface area contributed by atoms with E-state index in [1.165, 1.54) is 19.3 Å². The number of rotatable bonds is 7. The maximum Gasteiger partial charge on any atom is 0.220 e. The molecule has 1 aliphatic carbocycles. The van der Waals surface area contributed by atoms with Crippen molar-refractivity contribution in [3.63, 3.8) is 0 Å². The molecule has 2 aromatic rings. The van der Waals surface area contributed by atoms with Crippen molar-refractivity contribution in [3.8, 4) is 11.5 Å². The van der Waals surface area contributed by atoms with Crippen molar-refractivity contribution in [2.75, 3.05) is 27.3 Å². The fourth-order valence-corrected chi connectivity index (χ4v) is 4.95. The number of carbonyl (C=O) groups excluding carboxylic acids is 1. The van der Waals surface area contributed by atoms with Gasteiger partial charge in [-0.3, -0.25) is 9.69 Å². The third kappa shape index (κ3) is 4.51. The number of hydrogen-bond donors (Lipinski definition) is 1. The minimum atomic E-state index is -0.217. The van der Waals surface area contributed by atoms with Gasteiger partial charge in [0.15, 0.2) is 5.82 Å². The van der Waals surface area contributed by atoms with Gasteiger partial charge in [-0.15, -0.1) is 5.10 Å². The Balaban J connectivity index is 1.73. The molecule has 1 unspecified atom stereocenters. The summed E-state index contributed by atoms with van der Waals surface area (Å²) in [7, 11) is 3.31. The van der Waals surface area contributed by atoms with Gasteiger partial charge in [0.05, 0.1) is 20.3 Å². The number of benzene rings is 1. The Morgan fingerprint density at radius 2 is 1.84 bits per heavy atom. The van der Waals surface area contributed by atoms with Gasteiger partial charge in [0.2, 0.25) is 5.91 Å². The summed E-state index contributed by atoms with van der Waals surface area (Å²) in [5.74, 6) is 2.00. The summed E-state index contributed by atoms with van der Waals surface area (Å²) >= 11 is 0. The summed E-state index contributed by atoms with van der Waals surface area (Å²) in [6, 6.07) is 6.01. The normalized spacial score (nSPS) is 19.8. The average molecular weight is 429 g/mol. The molecule has 1 saturated carbocycles. The molecule has 2 N–H and O–H groups in total. The zero-order valence-electron chi connectivity index (χ0n) is 18.4. The van der Waals surface area contributed by atoms with Crippen LogP contribution in [0.1, 0.15) is 68.4 Å². The van der Waals surface area contributed by atoms with E-state index in [0.717, 1.165) is 61.7 Å². The summed E-state index contributed by atoms with van der Waals surface area (Å²) in [5.41, 5.74) is 6.56. The van der Waals surface area contributed by atoms with Crippen molar-refractivity contribution < 1.29 is 14.3 Å². The second-order valence-corrected chi connectivity index (χ2v) is 8.50. The van der Waals surface area contributed by atoms with E-state index < -0.39 is 0 Å². The number of nitrogens with two attached hydrogens (primary N) is 1. The molecule has 1 aromatic carbocycles. The SMILES string of the molecule is COc1ccc(C(c2nnnn2C2CCCCC2)N2CCC(C(N)=O)CC2)c(OC)c1. The summed E-state index contributed by atoms with van der Waals surface area (Å²) in [6.45, 7) is 1.48. The molecule has 9 nitrogen and oxygen atoms in total. The summed E-state index contributed by atoms with van der Waals surface area (Å²) in [5, 5.41) is 13.0. The van der Waals surface area contributed by atoms with E-state index in [1.807, 2.05) is 22.9 Å². The van der Waals surface area contributed by atoms with Crippen LogP contribution in [0.3, 0.4) is 0 Å². The molecular weight excluding hydrogens is 396 g/mol. The number of methoxy groups -OCH3 is 2. The van der Waals surface area contributed by atoms with Crippen molar-refractivity contribution in [3.05, 3.63) is 29.6 Å². The maximum absolute atomic E-state index is 11.7. The summed E-state index contributed by atoms with van der Waals surface area (Å²) < 4.78 is 13.2. The topological polar surface area (TPSA) is 108 Å². The highest BCUT2D eigenvalue weighted by atomic mass is 16.5. The minimum Gasteiger partial charge on any atom is -0.497 e. The van der Waals surface area contributed by atoms with Crippen molar-refractivity contribution in [2.45, 2.75) is 57.0 Å². The van der Waals surface area contributed by atoms with Crippen molar-refractivity contribution in [2.24, 2.45) is 11.7 Å². The van der Waals surface area contributed by atoms with Gasteiger partial charge >= 0.3 is 0 Å². The van der Waals surface area contributed by atoms with Crippen LogP contribution in [-0.4, -0.2) is 58.3 Å². The van der Waals surface area contributed by atoms with E-state index in [4.69, 9.17) is 15.2 Å². The Morgan fingerprint density at radius 1 is 1.10 bits per heavy atom. The number of ether oxygens (including phenoxy) is 2. The average Bonchev–Trinajstić information content (AvgIpc) is 3.29. The summed E-state index contributed by atoms with van der Waals surface area (Å²) in [4.78, 5) is 14.0. The molecule has 1 aromatic heterocycles. The monoisotopic (exact) mass is 428 g/mol. The Labute approximate surface area is 182 Å². The molecule has 1 saturated heterocycles. The highest BCUT2D eigenvalue weighted by Crippen LogP contribution is 2.39. The molecule has 168 valence electrons. The number of tetrazole rings is 1. The van der Waals surface area contributed by atoms with Crippen LogP contribution in [0, 0.1) is 5.92 Å². The molecule has 4 rings (SSSR count). The molecule has 1 amide bonds. The predicted octanol–water partition coefficient (Wildman–Crippen LogP) is 2.48. The number of aromatic nitrogens is 4. The van der Waals surface area contributed by atoms with Crippen molar-refractivity contribution >= 4 is 5.91 Å². The van der Waals surface area contributed by atoms with E-state index in [9.17, 15) is 4.79 Å². The van der Waals surface area contributed by atoms with Crippen LogP contribution in [0.15, 0.2) is 18.2 Å². The lowest BCUT2D eigenvalue weighted by molar-refractivity contribution is -0.123. The third-order valence-electron chi connectivity index (χ3n) is 6.72. The molecule has 9 heteroatoms. The first-order valence-electron chi connectivity index (χ1n) is 11.2. The van der Waals surface area contributed by atoms with Crippen LogP contribution in [0.5, 0.6) is 11.5 Å². The van der Waals surface area contributed by atoms with Gasteiger partial charge in [-0.05, 0) is 61.3 Å². The molecular formula is C22H32N6O3. The lowest BCUT2D eigenvalue weighted by Crippen LogP contribution is -2.42. The van der Waals surface area contributed by atoms with Gasteiger partial charge < -0.3 is 15.2 Å². The largest absolute Gasteiger partial charge is 0.497 e. The van der Waals surface area contributed by atoms with Crippen LogP contribution >= 0.6 is 0 Å². The fourth-order valence-electron chi connectivity index (χ4n) is 4.95. The van der Waals surface area contributed by atoms with E-state index in [-0.39, 0.29) is 17.9 Å². The van der Waals surface area contributed by atoms with Crippen LogP contribution in [0.4, 0.5) is 0 Å². The van der Waals surface area contributed by atoms with E-state index in [2.05, 4.69) is 20.4 Å². The Hall–Kier alpha value is -2.68. The second kappa shape index (κ2) is 9.64. The van der Waals surface area contributed by atoms with Crippen molar-refractivity contribution in [1.82, 2.24) is 25.1 Å². The number of amides is 1. The minimum absolute atomic E-state index is 0.0796. The number of carbonyl (C=O) groups is 1. The third-order valence-corrected chi connectivity index (χ3v) is 6.72. The lowest BCUT2D eigenvalue weighted by atomic mass is 9.92. The van der Waals surface area contributed by atoms with Gasteiger partial charge in [-0.2, -0.15) is 0 Å². The molecule has 2 heterocycles. The molecule has 1 atom stereocenters. The zero-order chi connectivity index (χ0) is 21.8. The predicted molar refractivity (Wildman–Crippen MR) is 115 cm³/mol. The number of likely N-dealkylation sites (tertiary alicyclic amines) is 1. The Kier molecular flexibility index (Phi) is 6.70. The van der Waals surface area contributed by atoms with Gasteiger partial charge in [0, 0.05) is 17.5 Å². The molecule has 2 fully saturated rings. The lowest BCUT2D eigenvalue weighted by Gasteiger charge is -2.37. The molecule has 0 radical (unpaired) electrons. The number of primary amides is 1. The fraction of sp³-hybridized carbons (Fsp3) is 0.636. The maximum atomic E-state index is 11.7. The molecule has 1 aliphatic heterocycles. The number of piperidine rings is 1.